The number of methoxy groups -OCH3 is 1. The van der Waals surface area contributed by atoms with Crippen LogP contribution in [0.5, 0.6) is 0 Å². The molecule has 1 aliphatic rings. The monoisotopic (exact) mass is 223 g/mol. The van der Waals surface area contributed by atoms with Crippen LogP contribution in [-0.2, 0) is 4.74 Å². The molecule has 0 spiro atoms. The van der Waals surface area contributed by atoms with E-state index in [4.69, 9.17) is 0 Å². The van der Waals surface area contributed by atoms with E-state index in [1.165, 1.54) is 25.7 Å². The second-order valence-corrected chi connectivity index (χ2v) is 3.95. The minimum atomic E-state index is -0.513. The lowest BCUT2D eigenvalue weighted by Gasteiger charge is -2.28. The maximum Gasteiger partial charge on any atom is 0.340 e. The van der Waals surface area contributed by atoms with E-state index in [9.17, 15) is 9.18 Å². The van der Waals surface area contributed by atoms with E-state index in [1.807, 2.05) is 0 Å². The molecule has 4 heteroatoms. The van der Waals surface area contributed by atoms with Gasteiger partial charge < -0.3 is 10.1 Å². The first kappa shape index (κ1) is 10.9. The van der Waals surface area contributed by atoms with Gasteiger partial charge in [-0.2, -0.15) is 0 Å². The van der Waals surface area contributed by atoms with E-state index in [0.717, 1.165) is 12.8 Å². The molecule has 0 atom stereocenters. The average Bonchev–Trinajstić information content (AvgIpc) is 2.23. The molecule has 0 unspecified atom stereocenters. The summed E-state index contributed by atoms with van der Waals surface area (Å²) < 4.78 is 17.7. The predicted octanol–water partition coefficient (Wildman–Crippen LogP) is 2.58. The number of carbonyl (C=O) groups is 1. The lowest BCUT2D eigenvalue weighted by Crippen LogP contribution is -2.28. The van der Waals surface area contributed by atoms with E-state index in [0.29, 0.717) is 11.7 Å². The van der Waals surface area contributed by atoms with Crippen LogP contribution in [-0.4, -0.2) is 19.1 Å². The first-order valence-electron chi connectivity index (χ1n) is 5.35. The first-order chi connectivity index (χ1) is 7.70. The van der Waals surface area contributed by atoms with Crippen molar-refractivity contribution in [2.24, 2.45) is 0 Å². The van der Waals surface area contributed by atoms with Crippen molar-refractivity contribution in [3.05, 3.63) is 29.6 Å². The van der Waals surface area contributed by atoms with Gasteiger partial charge in [-0.15, -0.1) is 0 Å². The second-order valence-electron chi connectivity index (χ2n) is 3.95. The molecule has 0 saturated heterocycles. The molecular weight excluding hydrogens is 209 g/mol. The number of hydrogen-bond donors (Lipinski definition) is 1. The van der Waals surface area contributed by atoms with Gasteiger partial charge in [0.15, 0.2) is 0 Å². The fourth-order valence-electron chi connectivity index (χ4n) is 1.69. The van der Waals surface area contributed by atoms with Crippen molar-refractivity contribution in [1.29, 1.82) is 0 Å². The topological polar surface area (TPSA) is 38.3 Å². The molecule has 3 nitrogen and oxygen atoms in total. The van der Waals surface area contributed by atoms with Gasteiger partial charge in [-0.3, -0.25) is 0 Å². The summed E-state index contributed by atoms with van der Waals surface area (Å²) in [5.74, 6) is -0.944. The quantitative estimate of drug-likeness (QED) is 0.800. The molecule has 0 aliphatic heterocycles. The summed E-state index contributed by atoms with van der Waals surface area (Å²) in [6.45, 7) is 0. The Hall–Kier alpha value is -1.58. The van der Waals surface area contributed by atoms with Crippen LogP contribution in [0.15, 0.2) is 18.2 Å². The van der Waals surface area contributed by atoms with Gasteiger partial charge in [-0.25, -0.2) is 9.18 Å². The lowest BCUT2D eigenvalue weighted by molar-refractivity contribution is 0.0601. The Morgan fingerprint density at radius 1 is 1.50 bits per heavy atom. The number of halogens is 1. The summed E-state index contributed by atoms with van der Waals surface area (Å²) in [7, 11) is 1.29. The first-order valence-corrected chi connectivity index (χ1v) is 5.35. The van der Waals surface area contributed by atoms with Crippen molar-refractivity contribution < 1.29 is 13.9 Å². The number of rotatable bonds is 3. The highest BCUT2D eigenvalue weighted by Gasteiger charge is 2.20. The third-order valence-electron chi connectivity index (χ3n) is 2.85. The third-order valence-corrected chi connectivity index (χ3v) is 2.85. The molecule has 0 amide bonds. The Balaban J connectivity index is 2.23. The Bertz CT molecular complexity index is 402. The number of carbonyl (C=O) groups excluding carboxylic acids is 1. The van der Waals surface area contributed by atoms with Gasteiger partial charge in [0.2, 0.25) is 0 Å². The van der Waals surface area contributed by atoms with Crippen LogP contribution < -0.4 is 5.32 Å². The number of esters is 1. The number of benzene rings is 1. The Morgan fingerprint density at radius 3 is 2.81 bits per heavy atom. The molecule has 86 valence electrons. The number of ether oxygens (including phenoxy) is 1. The van der Waals surface area contributed by atoms with E-state index < -0.39 is 11.8 Å². The molecule has 0 bridgehead atoms. The summed E-state index contributed by atoms with van der Waals surface area (Å²) in [5, 5.41) is 3.22. The SMILES string of the molecule is COC(=O)c1cc(F)ccc1NC1CCC1. The number of nitrogens with one attached hydrogen (secondary N) is 1. The largest absolute Gasteiger partial charge is 0.465 e. The normalized spacial score (nSPS) is 15.4. The fourth-order valence-corrected chi connectivity index (χ4v) is 1.69. The van der Waals surface area contributed by atoms with E-state index in [1.54, 1.807) is 6.07 Å². The highest BCUT2D eigenvalue weighted by molar-refractivity contribution is 5.95. The molecule has 2 rings (SSSR count). The van der Waals surface area contributed by atoms with Crippen molar-refractivity contribution in [2.45, 2.75) is 25.3 Å². The average molecular weight is 223 g/mol. The lowest BCUT2D eigenvalue weighted by atomic mass is 9.92. The Morgan fingerprint density at radius 2 is 2.25 bits per heavy atom. The highest BCUT2D eigenvalue weighted by Crippen LogP contribution is 2.26. The molecule has 0 aromatic heterocycles. The van der Waals surface area contributed by atoms with Gasteiger partial charge in [-0.05, 0) is 37.5 Å². The van der Waals surface area contributed by atoms with Gasteiger partial charge in [0.25, 0.3) is 0 Å². The molecule has 1 aliphatic carbocycles. The van der Waals surface area contributed by atoms with Crippen molar-refractivity contribution in [1.82, 2.24) is 0 Å². The van der Waals surface area contributed by atoms with Crippen LogP contribution in [0.1, 0.15) is 29.6 Å². The van der Waals surface area contributed by atoms with Crippen LogP contribution in [0, 0.1) is 5.82 Å². The van der Waals surface area contributed by atoms with Crippen molar-refractivity contribution in [3.8, 4) is 0 Å². The highest BCUT2D eigenvalue weighted by atomic mass is 19.1. The van der Waals surface area contributed by atoms with E-state index in [2.05, 4.69) is 10.1 Å². The standard InChI is InChI=1S/C12H14FNO2/c1-16-12(15)10-7-8(13)5-6-11(10)14-9-3-2-4-9/h5-7,9,14H,2-4H2,1H3. The molecule has 0 radical (unpaired) electrons. The summed E-state index contributed by atoms with van der Waals surface area (Å²) in [5.41, 5.74) is 0.910. The maximum absolute atomic E-state index is 13.0. The molecule has 1 fully saturated rings. The number of anilines is 1. The minimum Gasteiger partial charge on any atom is -0.465 e. The molecule has 1 N–H and O–H groups in total. The molecular formula is C12H14FNO2. The molecule has 0 heterocycles. The van der Waals surface area contributed by atoms with E-state index >= 15 is 0 Å². The summed E-state index contributed by atoms with van der Waals surface area (Å²) >= 11 is 0. The Labute approximate surface area is 93.6 Å². The van der Waals surface area contributed by atoms with Gasteiger partial charge in [0.1, 0.15) is 5.82 Å². The summed E-state index contributed by atoms with van der Waals surface area (Å²) in [4.78, 5) is 11.4. The van der Waals surface area contributed by atoms with Crippen LogP contribution >= 0.6 is 0 Å². The smallest absolute Gasteiger partial charge is 0.340 e. The molecule has 1 aromatic carbocycles. The van der Waals surface area contributed by atoms with Gasteiger partial charge in [0.05, 0.1) is 12.7 Å². The zero-order valence-corrected chi connectivity index (χ0v) is 9.13. The maximum atomic E-state index is 13.0. The minimum absolute atomic E-state index is 0.259. The van der Waals surface area contributed by atoms with Crippen LogP contribution in [0.4, 0.5) is 10.1 Å². The summed E-state index contributed by atoms with van der Waals surface area (Å²) in [6, 6.07) is 4.52. The van der Waals surface area contributed by atoms with Gasteiger partial charge in [0, 0.05) is 11.7 Å². The predicted molar refractivity (Wildman–Crippen MR) is 59.0 cm³/mol. The fraction of sp³-hybridized carbons (Fsp3) is 0.417. The molecule has 1 saturated carbocycles. The zero-order chi connectivity index (χ0) is 11.5. The Kier molecular flexibility index (Phi) is 3.08. The van der Waals surface area contributed by atoms with Crippen LogP contribution in [0.25, 0.3) is 0 Å². The van der Waals surface area contributed by atoms with E-state index in [-0.39, 0.29) is 5.56 Å². The second kappa shape index (κ2) is 4.51. The summed E-state index contributed by atoms with van der Waals surface area (Å²) in [6.07, 6.45) is 3.39. The molecule has 1 aromatic rings. The zero-order valence-electron chi connectivity index (χ0n) is 9.13. The van der Waals surface area contributed by atoms with Gasteiger partial charge >= 0.3 is 5.97 Å². The van der Waals surface area contributed by atoms with Crippen molar-refractivity contribution >= 4 is 11.7 Å². The molecule has 16 heavy (non-hydrogen) atoms. The van der Waals surface area contributed by atoms with Crippen LogP contribution in [0.2, 0.25) is 0 Å². The third kappa shape index (κ3) is 2.15. The number of hydrogen-bond acceptors (Lipinski definition) is 3. The van der Waals surface area contributed by atoms with Gasteiger partial charge in [-0.1, -0.05) is 0 Å². The van der Waals surface area contributed by atoms with Crippen molar-refractivity contribution in [2.75, 3.05) is 12.4 Å². The van der Waals surface area contributed by atoms with Crippen LogP contribution in [0.3, 0.4) is 0 Å². The van der Waals surface area contributed by atoms with Crippen molar-refractivity contribution in [3.63, 3.8) is 0 Å².